The number of ketones is 1. The summed E-state index contributed by atoms with van der Waals surface area (Å²) < 4.78 is 4.98. The average Bonchev–Trinajstić information content (AvgIpc) is 1.96. The fourth-order valence-electron chi connectivity index (χ4n) is 0.706. The van der Waals surface area contributed by atoms with Crippen LogP contribution in [0.25, 0.3) is 0 Å². The predicted octanol–water partition coefficient (Wildman–Crippen LogP) is 1.00. The van der Waals surface area contributed by atoms with Gasteiger partial charge in [0.2, 0.25) is 0 Å². The highest BCUT2D eigenvalue weighted by Crippen LogP contribution is 2.16. The lowest BCUT2D eigenvalue weighted by molar-refractivity contribution is -0.127. The minimum Gasteiger partial charge on any atom is -0.394 e. The second kappa shape index (κ2) is 5.27. The molecule has 0 fully saturated rings. The Bertz CT molecular complexity index is 135. The van der Waals surface area contributed by atoms with E-state index in [4.69, 9.17) is 9.84 Å². The molecule has 72 valence electrons. The third-order valence-corrected chi connectivity index (χ3v) is 1.55. The van der Waals surface area contributed by atoms with E-state index in [1.165, 1.54) is 0 Å². The van der Waals surface area contributed by atoms with E-state index in [1.807, 2.05) is 20.8 Å². The van der Waals surface area contributed by atoms with E-state index in [1.54, 1.807) is 0 Å². The molecule has 0 unspecified atom stereocenters. The molecule has 0 aromatic rings. The molecule has 0 aliphatic carbocycles. The van der Waals surface area contributed by atoms with Crippen LogP contribution in [0.1, 0.15) is 27.2 Å². The Morgan fingerprint density at radius 1 is 1.33 bits per heavy atom. The van der Waals surface area contributed by atoms with Crippen molar-refractivity contribution in [3.63, 3.8) is 0 Å². The van der Waals surface area contributed by atoms with Gasteiger partial charge in [-0.3, -0.25) is 4.79 Å². The quantitative estimate of drug-likeness (QED) is 0.632. The van der Waals surface area contributed by atoms with E-state index in [2.05, 4.69) is 0 Å². The van der Waals surface area contributed by atoms with Crippen molar-refractivity contribution in [2.75, 3.05) is 19.8 Å². The molecule has 0 bridgehead atoms. The zero-order valence-corrected chi connectivity index (χ0v) is 8.09. The lowest BCUT2D eigenvalue weighted by Gasteiger charge is -2.15. The number of hydrogen-bond acceptors (Lipinski definition) is 3. The first-order valence-electron chi connectivity index (χ1n) is 4.20. The van der Waals surface area contributed by atoms with Gasteiger partial charge in [0.25, 0.3) is 0 Å². The van der Waals surface area contributed by atoms with E-state index in [0.717, 1.165) is 0 Å². The highest BCUT2D eigenvalue weighted by molar-refractivity contribution is 5.83. The topological polar surface area (TPSA) is 46.5 Å². The Balaban J connectivity index is 3.45. The van der Waals surface area contributed by atoms with Crippen LogP contribution in [0.4, 0.5) is 0 Å². The highest BCUT2D eigenvalue weighted by atomic mass is 16.5. The van der Waals surface area contributed by atoms with Crippen LogP contribution >= 0.6 is 0 Å². The number of carbonyl (C=O) groups is 1. The molecule has 12 heavy (non-hydrogen) atoms. The van der Waals surface area contributed by atoms with Gasteiger partial charge in [-0.1, -0.05) is 20.8 Å². The fraction of sp³-hybridized carbons (Fsp3) is 0.889. The zero-order chi connectivity index (χ0) is 9.61. The van der Waals surface area contributed by atoms with E-state index < -0.39 is 0 Å². The normalized spacial score (nSPS) is 11.7. The van der Waals surface area contributed by atoms with Crippen LogP contribution in [-0.4, -0.2) is 30.7 Å². The molecule has 0 radical (unpaired) electrons. The minimum absolute atomic E-state index is 0.0176. The Hall–Kier alpha value is -0.410. The summed E-state index contributed by atoms with van der Waals surface area (Å²) in [6, 6.07) is 0. The smallest absolute Gasteiger partial charge is 0.140 e. The maximum Gasteiger partial charge on any atom is 0.140 e. The van der Waals surface area contributed by atoms with Crippen molar-refractivity contribution >= 4 is 5.78 Å². The molecule has 0 spiro atoms. The van der Waals surface area contributed by atoms with E-state index in [-0.39, 0.29) is 17.8 Å². The van der Waals surface area contributed by atoms with Crippen molar-refractivity contribution in [3.8, 4) is 0 Å². The van der Waals surface area contributed by atoms with Crippen LogP contribution in [0, 0.1) is 5.41 Å². The van der Waals surface area contributed by atoms with Gasteiger partial charge >= 0.3 is 0 Å². The third-order valence-electron chi connectivity index (χ3n) is 1.55. The van der Waals surface area contributed by atoms with Crippen molar-refractivity contribution in [3.05, 3.63) is 0 Å². The summed E-state index contributed by atoms with van der Waals surface area (Å²) >= 11 is 0. The average molecular weight is 174 g/mol. The van der Waals surface area contributed by atoms with Crippen LogP contribution in [0.2, 0.25) is 0 Å². The first kappa shape index (κ1) is 11.6. The number of carbonyl (C=O) groups excluding carboxylic acids is 1. The summed E-state index contributed by atoms with van der Waals surface area (Å²) in [6.45, 7) is 6.42. The fourth-order valence-corrected chi connectivity index (χ4v) is 0.706. The van der Waals surface area contributed by atoms with Crippen molar-refractivity contribution < 1.29 is 14.6 Å². The van der Waals surface area contributed by atoms with Gasteiger partial charge in [-0.05, 0) is 0 Å². The summed E-state index contributed by atoms with van der Waals surface area (Å²) in [6.07, 6.45) is 0.434. The lowest BCUT2D eigenvalue weighted by atomic mass is 9.89. The van der Waals surface area contributed by atoms with Crippen LogP contribution in [-0.2, 0) is 9.53 Å². The minimum atomic E-state index is -0.275. The predicted molar refractivity (Wildman–Crippen MR) is 47.0 cm³/mol. The largest absolute Gasteiger partial charge is 0.394 e. The molecule has 1 N–H and O–H groups in total. The molecule has 0 rings (SSSR count). The van der Waals surface area contributed by atoms with Gasteiger partial charge in [0.15, 0.2) is 0 Å². The number of ether oxygens (including phenoxy) is 1. The van der Waals surface area contributed by atoms with E-state index >= 15 is 0 Å². The van der Waals surface area contributed by atoms with Gasteiger partial charge in [-0.25, -0.2) is 0 Å². The van der Waals surface area contributed by atoms with Gasteiger partial charge in [0, 0.05) is 11.8 Å². The molecular weight excluding hydrogens is 156 g/mol. The summed E-state index contributed by atoms with van der Waals surface area (Å²) in [5, 5.41) is 8.38. The Kier molecular flexibility index (Phi) is 5.09. The second-order valence-electron chi connectivity index (χ2n) is 3.76. The molecular formula is C9H18O3. The lowest BCUT2D eigenvalue weighted by Crippen LogP contribution is -2.21. The maximum atomic E-state index is 11.3. The molecule has 0 aromatic carbocycles. The first-order valence-corrected chi connectivity index (χ1v) is 4.20. The first-order chi connectivity index (χ1) is 5.48. The summed E-state index contributed by atoms with van der Waals surface area (Å²) in [4.78, 5) is 11.3. The summed E-state index contributed by atoms with van der Waals surface area (Å²) in [5.41, 5.74) is -0.275. The van der Waals surface area contributed by atoms with Gasteiger partial charge in [-0.2, -0.15) is 0 Å². The van der Waals surface area contributed by atoms with Crippen molar-refractivity contribution in [1.82, 2.24) is 0 Å². The number of aliphatic hydroxyl groups is 1. The molecule has 0 aliphatic rings. The summed E-state index contributed by atoms with van der Waals surface area (Å²) in [7, 11) is 0. The van der Waals surface area contributed by atoms with E-state index in [9.17, 15) is 4.79 Å². The van der Waals surface area contributed by atoms with Crippen molar-refractivity contribution in [2.45, 2.75) is 27.2 Å². The van der Waals surface area contributed by atoms with Gasteiger partial charge in [0.1, 0.15) is 5.78 Å². The zero-order valence-electron chi connectivity index (χ0n) is 8.09. The molecule has 0 saturated heterocycles. The number of aliphatic hydroxyl groups excluding tert-OH is 1. The monoisotopic (exact) mass is 174 g/mol. The number of rotatable bonds is 5. The molecule has 3 heteroatoms. The molecule has 0 aliphatic heterocycles. The molecule has 0 atom stereocenters. The Morgan fingerprint density at radius 2 is 1.92 bits per heavy atom. The van der Waals surface area contributed by atoms with Crippen LogP contribution in [0.3, 0.4) is 0 Å². The van der Waals surface area contributed by atoms with Gasteiger partial charge in [0.05, 0.1) is 19.8 Å². The Labute approximate surface area is 73.7 Å². The molecule has 0 aromatic heterocycles. The molecule has 3 nitrogen and oxygen atoms in total. The third kappa shape index (κ3) is 5.27. The second-order valence-corrected chi connectivity index (χ2v) is 3.76. The Morgan fingerprint density at radius 3 is 2.33 bits per heavy atom. The highest BCUT2D eigenvalue weighted by Gasteiger charge is 2.20. The summed E-state index contributed by atoms with van der Waals surface area (Å²) in [5.74, 6) is 0.195. The maximum absolute atomic E-state index is 11.3. The molecule has 0 amide bonds. The standard InChI is InChI=1S/C9H18O3/c1-9(2,3)8(11)4-6-12-7-5-10/h10H,4-7H2,1-3H3. The van der Waals surface area contributed by atoms with Crippen LogP contribution in [0.5, 0.6) is 0 Å². The number of Topliss-reactive ketones (excluding diaryl/α,β-unsaturated/α-hetero) is 1. The van der Waals surface area contributed by atoms with Crippen molar-refractivity contribution in [1.29, 1.82) is 0 Å². The molecule has 0 heterocycles. The molecule has 0 saturated carbocycles. The SMILES string of the molecule is CC(C)(C)C(=O)CCOCCO. The van der Waals surface area contributed by atoms with Crippen LogP contribution in [0.15, 0.2) is 0 Å². The van der Waals surface area contributed by atoms with Gasteiger partial charge in [-0.15, -0.1) is 0 Å². The van der Waals surface area contributed by atoms with E-state index in [0.29, 0.717) is 19.6 Å². The van der Waals surface area contributed by atoms with Crippen LogP contribution < -0.4 is 0 Å². The van der Waals surface area contributed by atoms with Crippen molar-refractivity contribution in [2.24, 2.45) is 5.41 Å². The number of hydrogen-bond donors (Lipinski definition) is 1. The van der Waals surface area contributed by atoms with Gasteiger partial charge < -0.3 is 9.84 Å².